The van der Waals surface area contributed by atoms with Gasteiger partial charge in [0.25, 0.3) is 0 Å². The second kappa shape index (κ2) is 8.19. The van der Waals surface area contributed by atoms with Gasteiger partial charge in [0.2, 0.25) is 0 Å². The van der Waals surface area contributed by atoms with Crippen LogP contribution in [0.2, 0.25) is 0 Å². The average molecular weight is 372 g/mol. The van der Waals surface area contributed by atoms with Crippen molar-refractivity contribution in [2.24, 2.45) is 5.41 Å². The lowest BCUT2D eigenvalue weighted by Crippen LogP contribution is -2.55. The zero-order valence-electron chi connectivity index (χ0n) is 16.6. The first-order valence-electron chi connectivity index (χ1n) is 10.6. The van der Waals surface area contributed by atoms with Gasteiger partial charge in [-0.15, -0.1) is 0 Å². The summed E-state index contributed by atoms with van der Waals surface area (Å²) in [6.07, 6.45) is 3.51. The van der Waals surface area contributed by atoms with Crippen LogP contribution in [0.4, 0.5) is 4.79 Å². The molecule has 2 amide bonds. The minimum atomic E-state index is 0.218. The van der Waals surface area contributed by atoms with Gasteiger partial charge in [-0.2, -0.15) is 0 Å². The summed E-state index contributed by atoms with van der Waals surface area (Å²) in [4.78, 5) is 19.5. The van der Waals surface area contributed by atoms with E-state index < -0.39 is 0 Å². The van der Waals surface area contributed by atoms with Crippen molar-refractivity contribution >= 4 is 6.03 Å². The van der Waals surface area contributed by atoms with Gasteiger partial charge in [-0.25, -0.2) is 4.79 Å². The van der Waals surface area contributed by atoms with Crippen LogP contribution in [-0.4, -0.2) is 79.8 Å². The number of ether oxygens (including phenoxy) is 1. The highest BCUT2D eigenvalue weighted by atomic mass is 16.5. The van der Waals surface area contributed by atoms with Gasteiger partial charge in [0.05, 0.1) is 13.2 Å². The Morgan fingerprint density at radius 2 is 1.74 bits per heavy atom. The van der Waals surface area contributed by atoms with Crippen LogP contribution in [0.15, 0.2) is 30.3 Å². The molecule has 1 aromatic rings. The maximum atomic E-state index is 12.8. The number of rotatable bonds is 2. The van der Waals surface area contributed by atoms with Crippen molar-refractivity contribution in [3.8, 4) is 0 Å². The number of likely N-dealkylation sites (N-methyl/N-ethyl adjacent to an activating group) is 1. The summed E-state index contributed by atoms with van der Waals surface area (Å²) in [5, 5.41) is 0. The van der Waals surface area contributed by atoms with Crippen molar-refractivity contribution in [1.82, 2.24) is 14.7 Å². The normalized spacial score (nSPS) is 26.3. The quantitative estimate of drug-likeness (QED) is 0.802. The Morgan fingerprint density at radius 3 is 2.41 bits per heavy atom. The number of piperidine rings is 2. The zero-order chi connectivity index (χ0) is 18.7. The lowest BCUT2D eigenvalue weighted by atomic mass is 9.68. The summed E-state index contributed by atoms with van der Waals surface area (Å²) in [6.45, 7) is 10.4. The van der Waals surface area contributed by atoms with E-state index >= 15 is 0 Å². The van der Waals surface area contributed by atoms with E-state index in [1.165, 1.54) is 25.1 Å². The van der Waals surface area contributed by atoms with Crippen LogP contribution in [0.1, 0.15) is 37.7 Å². The van der Waals surface area contributed by atoms with Crippen LogP contribution in [-0.2, 0) is 4.74 Å². The molecule has 3 fully saturated rings. The van der Waals surface area contributed by atoms with E-state index in [9.17, 15) is 4.79 Å². The molecule has 5 nitrogen and oxygen atoms in total. The van der Waals surface area contributed by atoms with Crippen LogP contribution < -0.4 is 0 Å². The molecule has 5 heteroatoms. The van der Waals surface area contributed by atoms with Crippen LogP contribution in [0.3, 0.4) is 0 Å². The molecule has 1 aromatic carbocycles. The molecule has 3 aliphatic rings. The highest BCUT2D eigenvalue weighted by Gasteiger charge is 2.43. The third-order valence-corrected chi connectivity index (χ3v) is 6.81. The largest absolute Gasteiger partial charge is 0.378 e. The molecule has 0 aliphatic carbocycles. The van der Waals surface area contributed by atoms with Gasteiger partial charge in [-0.1, -0.05) is 37.3 Å². The van der Waals surface area contributed by atoms with E-state index in [4.69, 9.17) is 4.74 Å². The number of likely N-dealkylation sites (tertiary alicyclic amines) is 2. The van der Waals surface area contributed by atoms with Crippen molar-refractivity contribution in [3.63, 3.8) is 0 Å². The minimum absolute atomic E-state index is 0.218. The Balaban J connectivity index is 1.41. The number of hydrogen-bond acceptors (Lipinski definition) is 3. The number of carbonyl (C=O) groups excluding carboxylic acids is 1. The second-order valence-corrected chi connectivity index (χ2v) is 8.51. The first-order valence-corrected chi connectivity index (χ1v) is 10.6. The summed E-state index contributed by atoms with van der Waals surface area (Å²) in [6, 6.07) is 11.2. The molecule has 1 spiro atoms. The van der Waals surface area contributed by atoms with Crippen molar-refractivity contribution in [1.29, 1.82) is 0 Å². The van der Waals surface area contributed by atoms with Crippen LogP contribution in [0.5, 0.6) is 0 Å². The molecule has 1 unspecified atom stereocenters. The third-order valence-electron chi connectivity index (χ3n) is 6.81. The summed E-state index contributed by atoms with van der Waals surface area (Å²) in [7, 11) is 0. The molecular weight excluding hydrogens is 338 g/mol. The number of amides is 2. The Bertz CT molecular complexity index is 622. The van der Waals surface area contributed by atoms with E-state index in [-0.39, 0.29) is 6.03 Å². The molecule has 0 aromatic heterocycles. The number of carbonyl (C=O) groups is 1. The van der Waals surface area contributed by atoms with Crippen molar-refractivity contribution < 1.29 is 9.53 Å². The molecule has 27 heavy (non-hydrogen) atoms. The maximum Gasteiger partial charge on any atom is 0.320 e. The molecule has 3 aliphatic heterocycles. The fourth-order valence-corrected chi connectivity index (χ4v) is 5.18. The van der Waals surface area contributed by atoms with Crippen molar-refractivity contribution in [2.45, 2.75) is 32.1 Å². The molecule has 0 N–H and O–H groups in total. The zero-order valence-corrected chi connectivity index (χ0v) is 16.6. The monoisotopic (exact) mass is 371 g/mol. The fraction of sp³-hybridized carbons (Fsp3) is 0.682. The minimum Gasteiger partial charge on any atom is -0.378 e. The number of benzene rings is 1. The lowest BCUT2D eigenvalue weighted by Gasteiger charge is -2.50. The van der Waals surface area contributed by atoms with E-state index in [1.54, 1.807) is 0 Å². The maximum absolute atomic E-state index is 12.8. The number of morpholine rings is 1. The summed E-state index contributed by atoms with van der Waals surface area (Å²) >= 11 is 0. The van der Waals surface area contributed by atoms with Crippen LogP contribution in [0, 0.1) is 5.41 Å². The molecule has 3 heterocycles. The molecule has 1 atom stereocenters. The Morgan fingerprint density at radius 1 is 1.07 bits per heavy atom. The number of urea groups is 1. The van der Waals surface area contributed by atoms with Gasteiger partial charge in [0, 0.05) is 39.3 Å². The fourth-order valence-electron chi connectivity index (χ4n) is 5.18. The molecule has 0 saturated carbocycles. The van der Waals surface area contributed by atoms with Crippen LogP contribution >= 0.6 is 0 Å². The SMILES string of the molecule is CCN1CC(c2ccccc2)CC2(CCN(C(=O)N3CCOCC3)CC2)C1. The molecule has 148 valence electrons. The Hall–Kier alpha value is -1.59. The van der Waals surface area contributed by atoms with Gasteiger partial charge in [0.1, 0.15) is 0 Å². The lowest BCUT2D eigenvalue weighted by molar-refractivity contribution is 0.00993. The Labute approximate surface area is 163 Å². The van der Waals surface area contributed by atoms with Gasteiger partial charge in [-0.3, -0.25) is 0 Å². The molecule has 4 rings (SSSR count). The summed E-state index contributed by atoms with van der Waals surface area (Å²) in [5.41, 5.74) is 1.83. The van der Waals surface area contributed by atoms with Gasteiger partial charge in [0.15, 0.2) is 0 Å². The Kier molecular flexibility index (Phi) is 5.69. The molecule has 0 bridgehead atoms. The standard InChI is InChI=1S/C22H33N3O2/c1-2-23-17-20(19-6-4-3-5-7-19)16-22(18-23)8-10-24(11-9-22)21(26)25-12-14-27-15-13-25/h3-7,20H,2,8-18H2,1H3. The topological polar surface area (TPSA) is 36.0 Å². The second-order valence-electron chi connectivity index (χ2n) is 8.51. The van der Waals surface area contributed by atoms with E-state index in [0.29, 0.717) is 24.5 Å². The number of hydrogen-bond donors (Lipinski definition) is 0. The molecule has 3 saturated heterocycles. The van der Waals surface area contributed by atoms with Crippen molar-refractivity contribution in [2.75, 3.05) is 59.0 Å². The first-order chi connectivity index (χ1) is 13.2. The van der Waals surface area contributed by atoms with E-state index in [2.05, 4.69) is 47.1 Å². The third kappa shape index (κ3) is 4.14. The highest BCUT2D eigenvalue weighted by Crippen LogP contribution is 2.45. The van der Waals surface area contributed by atoms with Gasteiger partial charge < -0.3 is 19.4 Å². The summed E-state index contributed by atoms with van der Waals surface area (Å²) in [5.74, 6) is 0.612. The smallest absolute Gasteiger partial charge is 0.320 e. The van der Waals surface area contributed by atoms with Gasteiger partial charge >= 0.3 is 6.03 Å². The predicted molar refractivity (Wildman–Crippen MR) is 107 cm³/mol. The van der Waals surface area contributed by atoms with Crippen LogP contribution in [0.25, 0.3) is 0 Å². The molecule has 0 radical (unpaired) electrons. The molecular formula is C22H33N3O2. The van der Waals surface area contributed by atoms with E-state index in [0.717, 1.165) is 45.6 Å². The average Bonchev–Trinajstić information content (AvgIpc) is 2.75. The summed E-state index contributed by atoms with van der Waals surface area (Å²) < 4.78 is 5.39. The van der Waals surface area contributed by atoms with Crippen molar-refractivity contribution in [3.05, 3.63) is 35.9 Å². The van der Waals surface area contributed by atoms with E-state index in [1.807, 2.05) is 4.90 Å². The number of nitrogens with zero attached hydrogens (tertiary/aromatic N) is 3. The van der Waals surface area contributed by atoms with Gasteiger partial charge in [-0.05, 0) is 42.7 Å². The predicted octanol–water partition coefficient (Wildman–Crippen LogP) is 3.03. The first kappa shape index (κ1) is 18.8. The highest BCUT2D eigenvalue weighted by molar-refractivity contribution is 5.74.